The molecule has 23 heavy (non-hydrogen) atoms. The fourth-order valence-electron chi connectivity index (χ4n) is 2.09. The van der Waals surface area contributed by atoms with Crippen LogP contribution in [0.25, 0.3) is 10.3 Å². The molecule has 3 heterocycles. The van der Waals surface area contributed by atoms with Gasteiger partial charge >= 0.3 is 4.87 Å². The molecule has 1 aliphatic heterocycles. The van der Waals surface area contributed by atoms with E-state index in [0.29, 0.717) is 5.75 Å². The number of ether oxygens (including phenoxy) is 1. The van der Waals surface area contributed by atoms with Crippen molar-refractivity contribution in [1.29, 1.82) is 0 Å². The molecule has 0 bridgehead atoms. The van der Waals surface area contributed by atoms with Crippen LogP contribution in [0.4, 0.5) is 5.95 Å². The van der Waals surface area contributed by atoms with E-state index in [1.165, 1.54) is 30.5 Å². The molecular weight excluding hydrogens is 346 g/mol. The summed E-state index contributed by atoms with van der Waals surface area (Å²) in [4.78, 5) is 46.8. The summed E-state index contributed by atoms with van der Waals surface area (Å²) in [6.45, 7) is 0. The van der Waals surface area contributed by atoms with E-state index in [1.807, 2.05) is 0 Å². The molecule has 0 saturated carbocycles. The van der Waals surface area contributed by atoms with Crippen molar-refractivity contribution in [3.05, 3.63) is 20.0 Å². The number of carbonyl (C=O) groups is 1. The lowest BCUT2D eigenvalue weighted by molar-refractivity contribution is -0.177. The van der Waals surface area contributed by atoms with Gasteiger partial charge in [0.05, 0.1) is 7.11 Å². The first kappa shape index (κ1) is 16.0. The van der Waals surface area contributed by atoms with Crippen LogP contribution in [0.2, 0.25) is 0 Å². The van der Waals surface area contributed by atoms with E-state index in [9.17, 15) is 14.4 Å². The molecule has 12 heteroatoms. The van der Waals surface area contributed by atoms with Crippen molar-refractivity contribution in [2.24, 2.45) is 0 Å². The number of carbonyl (C=O) groups excluding carboxylic acids is 1. The third-order valence-electron chi connectivity index (χ3n) is 3.24. The summed E-state index contributed by atoms with van der Waals surface area (Å²) in [6.07, 6.45) is -0.714. The second-order valence-electron chi connectivity index (χ2n) is 4.62. The van der Waals surface area contributed by atoms with Crippen molar-refractivity contribution in [2.45, 2.75) is 11.7 Å². The first-order valence-electron chi connectivity index (χ1n) is 6.42. The topological polar surface area (TPSA) is 133 Å². The van der Waals surface area contributed by atoms with Crippen molar-refractivity contribution in [3.8, 4) is 0 Å². The molecule has 10 nitrogen and oxygen atoms in total. The van der Waals surface area contributed by atoms with Crippen LogP contribution in [0.5, 0.6) is 0 Å². The summed E-state index contributed by atoms with van der Waals surface area (Å²) in [7, 11) is 2.83. The van der Waals surface area contributed by atoms with Gasteiger partial charge < -0.3 is 10.5 Å². The summed E-state index contributed by atoms with van der Waals surface area (Å²) in [5, 5.41) is 1.05. The lowest BCUT2D eigenvalue weighted by Gasteiger charge is -2.18. The third-order valence-corrected chi connectivity index (χ3v) is 5.27. The number of fused-ring (bicyclic) bond motifs is 1. The van der Waals surface area contributed by atoms with Gasteiger partial charge in [-0.2, -0.15) is 4.98 Å². The number of thioether (sulfide) groups is 1. The number of hydrogen-bond donors (Lipinski definition) is 2. The molecule has 0 spiro atoms. The SMILES string of the molecule is CON(C)C(=O)[C@H]1O[C@@H](n2c(=O)sc3c(=O)[nH]c(N)nc32)CS1. The minimum absolute atomic E-state index is 0.0913. The molecule has 3 rings (SSSR count). The van der Waals surface area contributed by atoms with Gasteiger partial charge in [0, 0.05) is 12.8 Å². The van der Waals surface area contributed by atoms with Gasteiger partial charge in [-0.1, -0.05) is 11.3 Å². The summed E-state index contributed by atoms with van der Waals surface area (Å²) in [5.74, 6) is -0.113. The predicted molar refractivity (Wildman–Crippen MR) is 85.1 cm³/mol. The molecule has 1 saturated heterocycles. The number of nitrogens with two attached hydrogens (primary N) is 1. The summed E-state index contributed by atoms with van der Waals surface area (Å²) < 4.78 is 7.04. The molecule has 0 unspecified atom stereocenters. The molecule has 0 radical (unpaired) electrons. The van der Waals surface area contributed by atoms with Gasteiger partial charge in [0.25, 0.3) is 11.5 Å². The maximum absolute atomic E-state index is 12.2. The number of likely N-dealkylation sites (N-methyl/N-ethyl adjacent to an activating group) is 1. The summed E-state index contributed by atoms with van der Waals surface area (Å²) in [6, 6.07) is 0. The Morgan fingerprint density at radius 3 is 3.00 bits per heavy atom. The molecule has 1 aliphatic rings. The molecule has 2 aromatic heterocycles. The van der Waals surface area contributed by atoms with Crippen molar-refractivity contribution in [3.63, 3.8) is 0 Å². The standard InChI is InChI=1S/C11H13N5O5S2/c1-15(20-2)8(18)9-21-4(3-22-9)16-6-5(23-11(16)19)7(17)14-10(12)13-6/h4,9H,3H2,1-2H3,(H3,12,13,14,17)/t4-,9+/m1/s1. The molecule has 3 N–H and O–H groups in total. The van der Waals surface area contributed by atoms with E-state index in [2.05, 4.69) is 9.97 Å². The molecule has 0 aliphatic carbocycles. The van der Waals surface area contributed by atoms with Crippen molar-refractivity contribution < 1.29 is 14.4 Å². The highest BCUT2D eigenvalue weighted by Gasteiger charge is 2.36. The Bertz CT molecular complexity index is 874. The van der Waals surface area contributed by atoms with E-state index in [-0.39, 0.29) is 22.2 Å². The number of aromatic amines is 1. The van der Waals surface area contributed by atoms with Crippen LogP contribution >= 0.6 is 23.1 Å². The molecule has 0 aromatic carbocycles. The maximum Gasteiger partial charge on any atom is 0.311 e. The lowest BCUT2D eigenvalue weighted by atomic mass is 10.5. The number of hydroxylamine groups is 2. The number of nitrogens with one attached hydrogen (secondary N) is 1. The summed E-state index contributed by atoms with van der Waals surface area (Å²) >= 11 is 1.99. The number of aromatic nitrogens is 3. The first-order valence-corrected chi connectivity index (χ1v) is 8.28. The van der Waals surface area contributed by atoms with Crippen molar-refractivity contribution >= 4 is 45.3 Å². The molecular formula is C11H13N5O5S2. The van der Waals surface area contributed by atoms with E-state index in [0.717, 1.165) is 16.4 Å². The molecule has 2 atom stereocenters. The normalized spacial score (nSPS) is 21.0. The van der Waals surface area contributed by atoms with Crippen LogP contribution in [0, 0.1) is 0 Å². The second kappa shape index (κ2) is 5.96. The van der Waals surface area contributed by atoms with Crippen LogP contribution < -0.4 is 16.2 Å². The van der Waals surface area contributed by atoms with E-state index in [4.69, 9.17) is 15.3 Å². The highest BCUT2D eigenvalue weighted by atomic mass is 32.2. The first-order chi connectivity index (χ1) is 10.9. The van der Waals surface area contributed by atoms with Gasteiger partial charge in [0.1, 0.15) is 4.70 Å². The Hall–Kier alpha value is -1.89. The Morgan fingerprint density at radius 1 is 1.57 bits per heavy atom. The van der Waals surface area contributed by atoms with Gasteiger partial charge in [-0.05, 0) is 0 Å². The zero-order valence-electron chi connectivity index (χ0n) is 12.1. The van der Waals surface area contributed by atoms with Gasteiger partial charge in [0.2, 0.25) is 5.95 Å². The fraction of sp³-hybridized carbons (Fsp3) is 0.455. The average Bonchev–Trinajstić information content (AvgIpc) is 3.09. The third kappa shape index (κ3) is 2.73. The van der Waals surface area contributed by atoms with Gasteiger partial charge in [-0.25, -0.2) is 5.06 Å². The van der Waals surface area contributed by atoms with E-state index < -0.39 is 22.1 Å². The highest BCUT2D eigenvalue weighted by Crippen LogP contribution is 2.33. The quantitative estimate of drug-likeness (QED) is 0.690. The van der Waals surface area contributed by atoms with E-state index in [1.54, 1.807) is 0 Å². The minimum atomic E-state index is -0.800. The molecule has 124 valence electrons. The number of amides is 1. The molecule has 1 fully saturated rings. The Labute approximate surface area is 137 Å². The minimum Gasteiger partial charge on any atom is -0.369 e. The van der Waals surface area contributed by atoms with Gasteiger partial charge in [-0.3, -0.25) is 28.8 Å². The number of nitrogens with zero attached hydrogens (tertiary/aromatic N) is 3. The number of H-pyrrole nitrogens is 1. The van der Waals surface area contributed by atoms with Crippen LogP contribution in [0.3, 0.4) is 0 Å². The van der Waals surface area contributed by atoms with Gasteiger partial charge in [0.15, 0.2) is 17.3 Å². The summed E-state index contributed by atoms with van der Waals surface area (Å²) in [5.41, 5.74) is 4.41. The number of thiazole rings is 1. The molecule has 1 amide bonds. The molecule has 2 aromatic rings. The average molecular weight is 359 g/mol. The zero-order valence-corrected chi connectivity index (χ0v) is 13.8. The van der Waals surface area contributed by atoms with Crippen LogP contribution in [-0.4, -0.2) is 50.9 Å². The highest BCUT2D eigenvalue weighted by molar-refractivity contribution is 8.00. The second-order valence-corrected chi connectivity index (χ2v) is 6.67. The van der Waals surface area contributed by atoms with Crippen LogP contribution in [-0.2, 0) is 14.4 Å². The number of rotatable bonds is 3. The maximum atomic E-state index is 12.2. The largest absolute Gasteiger partial charge is 0.369 e. The number of nitrogen functional groups attached to an aromatic ring is 1. The Balaban J connectivity index is 1.96. The zero-order chi connectivity index (χ0) is 16.7. The lowest BCUT2D eigenvalue weighted by Crippen LogP contribution is -2.34. The predicted octanol–water partition coefficient (Wildman–Crippen LogP) is -0.664. The Kier molecular flexibility index (Phi) is 4.14. The van der Waals surface area contributed by atoms with Crippen molar-refractivity contribution in [1.82, 2.24) is 19.6 Å². The number of hydrogen-bond acceptors (Lipinski definition) is 9. The smallest absolute Gasteiger partial charge is 0.311 e. The van der Waals surface area contributed by atoms with Crippen LogP contribution in [0.15, 0.2) is 9.59 Å². The monoisotopic (exact) mass is 359 g/mol. The van der Waals surface area contributed by atoms with E-state index >= 15 is 0 Å². The Morgan fingerprint density at radius 2 is 2.30 bits per heavy atom. The van der Waals surface area contributed by atoms with Gasteiger partial charge in [-0.15, -0.1) is 11.8 Å². The number of anilines is 1. The fourth-order valence-corrected chi connectivity index (χ4v) is 4.01. The van der Waals surface area contributed by atoms with Crippen LogP contribution in [0.1, 0.15) is 6.23 Å². The van der Waals surface area contributed by atoms with Crippen molar-refractivity contribution in [2.75, 3.05) is 25.6 Å².